The van der Waals surface area contributed by atoms with Gasteiger partial charge in [-0.1, -0.05) is 23.7 Å². The third-order valence-electron chi connectivity index (χ3n) is 3.14. The predicted octanol–water partition coefficient (Wildman–Crippen LogP) is 3.59. The van der Waals surface area contributed by atoms with Crippen LogP contribution in [0.2, 0.25) is 5.02 Å². The number of ether oxygens (including phenoxy) is 1. The molecule has 5 nitrogen and oxygen atoms in total. The highest BCUT2D eigenvalue weighted by Gasteiger charge is 2.17. The van der Waals surface area contributed by atoms with E-state index in [9.17, 15) is 14.7 Å². The molecular formula is C17H15BrClNO4. The zero-order valence-electron chi connectivity index (χ0n) is 12.8. The Balaban J connectivity index is 1.89. The Morgan fingerprint density at radius 3 is 2.75 bits per heavy atom. The molecule has 0 aliphatic carbocycles. The Kier molecular flexibility index (Phi) is 6.23. The zero-order chi connectivity index (χ0) is 17.7. The largest absolute Gasteiger partial charge is 0.506 e. The minimum atomic E-state index is -0.769. The summed E-state index contributed by atoms with van der Waals surface area (Å²) in [6, 6.07) is 10.2. The predicted molar refractivity (Wildman–Crippen MR) is 94.1 cm³/mol. The molecule has 0 aromatic heterocycles. The van der Waals surface area contributed by atoms with E-state index >= 15 is 0 Å². The average Bonchev–Trinajstić information content (AvgIpc) is 2.54. The molecule has 0 unspecified atom stereocenters. The van der Waals surface area contributed by atoms with Gasteiger partial charge in [-0.3, -0.25) is 4.79 Å². The van der Waals surface area contributed by atoms with Crippen LogP contribution >= 0.6 is 27.5 Å². The number of halogens is 2. The monoisotopic (exact) mass is 411 g/mol. The number of aromatic hydroxyl groups is 1. The standard InChI is InChI=1S/C17H15BrClNO4/c1-10-5-13(16(22)14(18)6-10)17(23)24-9-15(21)20-8-11-3-2-4-12(19)7-11/h2-7,22H,8-9H2,1H3,(H,20,21). The van der Waals surface area contributed by atoms with Crippen molar-refractivity contribution in [2.75, 3.05) is 6.61 Å². The minimum absolute atomic E-state index is 0.00418. The summed E-state index contributed by atoms with van der Waals surface area (Å²) in [5, 5.41) is 13.1. The van der Waals surface area contributed by atoms with Crippen molar-refractivity contribution in [1.82, 2.24) is 5.32 Å². The van der Waals surface area contributed by atoms with Gasteiger partial charge in [0.05, 0.1) is 4.47 Å². The van der Waals surface area contributed by atoms with E-state index in [2.05, 4.69) is 21.2 Å². The molecule has 0 atom stereocenters. The number of hydrogen-bond donors (Lipinski definition) is 2. The third-order valence-corrected chi connectivity index (χ3v) is 3.98. The van der Waals surface area contributed by atoms with Crippen molar-refractivity contribution < 1.29 is 19.4 Å². The quantitative estimate of drug-likeness (QED) is 0.736. The van der Waals surface area contributed by atoms with Crippen molar-refractivity contribution in [3.8, 4) is 5.75 Å². The minimum Gasteiger partial charge on any atom is -0.506 e. The van der Waals surface area contributed by atoms with Crippen LogP contribution in [-0.2, 0) is 16.1 Å². The van der Waals surface area contributed by atoms with Gasteiger partial charge in [-0.2, -0.15) is 0 Å². The molecule has 2 aromatic carbocycles. The van der Waals surface area contributed by atoms with Crippen LogP contribution in [0.5, 0.6) is 5.75 Å². The molecule has 126 valence electrons. The highest BCUT2D eigenvalue weighted by atomic mass is 79.9. The van der Waals surface area contributed by atoms with Crippen molar-refractivity contribution in [3.05, 3.63) is 62.6 Å². The number of rotatable bonds is 5. The first-order chi connectivity index (χ1) is 11.4. The number of hydrogen-bond acceptors (Lipinski definition) is 4. The van der Waals surface area contributed by atoms with Crippen LogP contribution in [0.15, 0.2) is 40.9 Å². The van der Waals surface area contributed by atoms with Gasteiger partial charge in [0.15, 0.2) is 6.61 Å². The number of phenolic OH excluding ortho intramolecular Hbond substituents is 1. The Hall–Kier alpha value is -2.05. The SMILES string of the molecule is Cc1cc(Br)c(O)c(C(=O)OCC(=O)NCc2cccc(Cl)c2)c1. The number of aryl methyl sites for hydroxylation is 1. The fourth-order valence-electron chi connectivity index (χ4n) is 2.00. The molecule has 2 aromatic rings. The van der Waals surface area contributed by atoms with Crippen LogP contribution in [0.25, 0.3) is 0 Å². The molecule has 0 spiro atoms. The van der Waals surface area contributed by atoms with Crippen LogP contribution in [-0.4, -0.2) is 23.6 Å². The maximum Gasteiger partial charge on any atom is 0.342 e. The molecule has 0 radical (unpaired) electrons. The first kappa shape index (κ1) is 18.3. The van der Waals surface area contributed by atoms with E-state index in [4.69, 9.17) is 16.3 Å². The molecule has 0 aliphatic heterocycles. The van der Waals surface area contributed by atoms with Crippen molar-refractivity contribution in [1.29, 1.82) is 0 Å². The van der Waals surface area contributed by atoms with Gasteiger partial charge in [0, 0.05) is 11.6 Å². The molecule has 0 saturated carbocycles. The Morgan fingerprint density at radius 1 is 1.29 bits per heavy atom. The smallest absolute Gasteiger partial charge is 0.342 e. The van der Waals surface area contributed by atoms with Crippen LogP contribution in [0.3, 0.4) is 0 Å². The number of carbonyl (C=O) groups excluding carboxylic acids is 2. The molecule has 0 fully saturated rings. The van der Waals surface area contributed by atoms with Gasteiger partial charge in [-0.15, -0.1) is 0 Å². The zero-order valence-corrected chi connectivity index (χ0v) is 15.1. The van der Waals surface area contributed by atoms with E-state index in [0.717, 1.165) is 11.1 Å². The van der Waals surface area contributed by atoms with Crippen LogP contribution in [0.4, 0.5) is 0 Å². The molecular weight excluding hydrogens is 398 g/mol. The Labute approximate surface area is 152 Å². The second-order valence-electron chi connectivity index (χ2n) is 5.13. The third kappa shape index (κ3) is 4.97. The lowest BCUT2D eigenvalue weighted by molar-refractivity contribution is -0.124. The van der Waals surface area contributed by atoms with Gasteiger partial charge >= 0.3 is 5.97 Å². The lowest BCUT2D eigenvalue weighted by atomic mass is 10.1. The summed E-state index contributed by atoms with van der Waals surface area (Å²) in [7, 11) is 0. The van der Waals surface area contributed by atoms with Crippen molar-refractivity contribution in [2.24, 2.45) is 0 Å². The number of esters is 1. The summed E-state index contributed by atoms with van der Waals surface area (Å²) in [5.74, 6) is -1.44. The van der Waals surface area contributed by atoms with E-state index in [1.807, 2.05) is 6.07 Å². The summed E-state index contributed by atoms with van der Waals surface area (Å²) in [5.41, 5.74) is 1.61. The van der Waals surface area contributed by atoms with Crippen LogP contribution in [0.1, 0.15) is 21.5 Å². The van der Waals surface area contributed by atoms with Gasteiger partial charge < -0.3 is 15.2 Å². The lowest BCUT2D eigenvalue weighted by Crippen LogP contribution is -2.28. The fourth-order valence-corrected chi connectivity index (χ4v) is 2.79. The molecule has 0 bridgehead atoms. The topological polar surface area (TPSA) is 75.6 Å². The van der Waals surface area contributed by atoms with Crippen molar-refractivity contribution in [2.45, 2.75) is 13.5 Å². The molecule has 24 heavy (non-hydrogen) atoms. The molecule has 7 heteroatoms. The maximum absolute atomic E-state index is 12.0. The van der Waals surface area contributed by atoms with Gasteiger partial charge in [0.2, 0.25) is 0 Å². The molecule has 2 N–H and O–H groups in total. The fraction of sp³-hybridized carbons (Fsp3) is 0.176. The number of phenols is 1. The second kappa shape index (κ2) is 8.17. The van der Waals surface area contributed by atoms with E-state index < -0.39 is 18.5 Å². The van der Waals surface area contributed by atoms with Gasteiger partial charge in [-0.25, -0.2) is 4.79 Å². The molecule has 0 saturated heterocycles. The number of carbonyl (C=O) groups is 2. The summed E-state index contributed by atoms with van der Waals surface area (Å²) in [4.78, 5) is 23.8. The van der Waals surface area contributed by atoms with E-state index in [0.29, 0.717) is 9.50 Å². The van der Waals surface area contributed by atoms with Crippen LogP contribution < -0.4 is 5.32 Å². The number of nitrogens with one attached hydrogen (secondary N) is 1. The summed E-state index contributed by atoms with van der Waals surface area (Å²) in [6.45, 7) is 1.61. The highest BCUT2D eigenvalue weighted by molar-refractivity contribution is 9.10. The van der Waals surface area contributed by atoms with E-state index in [1.165, 1.54) is 6.07 Å². The summed E-state index contributed by atoms with van der Waals surface area (Å²) < 4.78 is 5.32. The van der Waals surface area contributed by atoms with Crippen LogP contribution in [0, 0.1) is 6.92 Å². The molecule has 2 rings (SSSR count). The first-order valence-electron chi connectivity index (χ1n) is 7.04. The van der Waals surface area contributed by atoms with Gasteiger partial charge in [0.1, 0.15) is 11.3 Å². The molecule has 0 aliphatic rings. The first-order valence-corrected chi connectivity index (χ1v) is 8.21. The summed E-state index contributed by atoms with van der Waals surface area (Å²) >= 11 is 9.02. The van der Waals surface area contributed by atoms with E-state index in [-0.39, 0.29) is 17.9 Å². The highest BCUT2D eigenvalue weighted by Crippen LogP contribution is 2.29. The van der Waals surface area contributed by atoms with Gasteiger partial charge in [-0.05, 0) is 58.2 Å². The number of amides is 1. The van der Waals surface area contributed by atoms with Crippen molar-refractivity contribution in [3.63, 3.8) is 0 Å². The van der Waals surface area contributed by atoms with E-state index in [1.54, 1.807) is 31.2 Å². The summed E-state index contributed by atoms with van der Waals surface area (Å²) in [6.07, 6.45) is 0. The lowest BCUT2D eigenvalue weighted by Gasteiger charge is -2.09. The van der Waals surface area contributed by atoms with Crippen molar-refractivity contribution >= 4 is 39.4 Å². The Morgan fingerprint density at radius 2 is 2.04 bits per heavy atom. The average molecular weight is 413 g/mol. The second-order valence-corrected chi connectivity index (χ2v) is 6.42. The molecule has 1 amide bonds. The normalized spacial score (nSPS) is 10.3. The van der Waals surface area contributed by atoms with Gasteiger partial charge in [0.25, 0.3) is 5.91 Å². The number of benzene rings is 2. The Bertz CT molecular complexity index is 779. The maximum atomic E-state index is 12.0. The molecule has 0 heterocycles.